The summed E-state index contributed by atoms with van der Waals surface area (Å²) in [7, 11) is -4.05. The summed E-state index contributed by atoms with van der Waals surface area (Å²) in [6, 6.07) is 1.89. The molecule has 2 rings (SSSR count). The van der Waals surface area contributed by atoms with E-state index in [9.17, 15) is 18.0 Å². The van der Waals surface area contributed by atoms with Crippen LogP contribution in [0, 0.1) is 0 Å². The topological polar surface area (TPSA) is 110 Å². The van der Waals surface area contributed by atoms with Crippen LogP contribution in [0.2, 0.25) is 0 Å². The van der Waals surface area contributed by atoms with Crippen LogP contribution in [0.25, 0.3) is 0 Å². The molecule has 0 spiro atoms. The van der Waals surface area contributed by atoms with E-state index in [2.05, 4.69) is 37.2 Å². The van der Waals surface area contributed by atoms with E-state index in [1.54, 1.807) is 0 Å². The normalized spacial score (nSPS) is 20.4. The molecule has 0 saturated carbocycles. The van der Waals surface area contributed by atoms with Crippen LogP contribution in [0.3, 0.4) is 0 Å². The molecule has 1 aromatic carbocycles. The molecule has 1 aliphatic rings. The maximum absolute atomic E-state index is 12.7. The number of piperazine rings is 1. The third-order valence-corrected chi connectivity index (χ3v) is 6.76. The molecule has 2 amide bonds. The van der Waals surface area contributed by atoms with Crippen molar-refractivity contribution >= 4 is 59.4 Å². The number of amides is 2. The van der Waals surface area contributed by atoms with Crippen LogP contribution in [-0.4, -0.2) is 37.1 Å². The number of rotatable bonds is 2. The number of nitrogen functional groups attached to an aromatic ring is 1. The van der Waals surface area contributed by atoms with Gasteiger partial charge in [0, 0.05) is 14.6 Å². The Kier molecular flexibility index (Phi) is 4.43. The van der Waals surface area contributed by atoms with Gasteiger partial charge in [0.1, 0.15) is 10.9 Å². The number of nitrogens with zero attached hydrogens (tertiary/aromatic N) is 1. The first-order valence-electron chi connectivity index (χ1n) is 5.74. The van der Waals surface area contributed by atoms with Crippen LogP contribution in [-0.2, 0) is 19.6 Å². The zero-order valence-corrected chi connectivity index (χ0v) is 14.7. The third kappa shape index (κ3) is 2.98. The molecule has 3 N–H and O–H groups in total. The number of hydrogen-bond acceptors (Lipinski definition) is 5. The van der Waals surface area contributed by atoms with Crippen molar-refractivity contribution in [3.8, 4) is 0 Å². The number of benzene rings is 1. The van der Waals surface area contributed by atoms with Crippen molar-refractivity contribution in [3.05, 3.63) is 21.1 Å². The standard InChI is InChI=1S/C11H11Br2N3O4S/c1-5-11(18)15-9(17)4-16(5)21(19,20)10-7(12)2-6(14)3-8(10)13/h2-3,5H,4,14H2,1H3,(H,15,17,18). The summed E-state index contributed by atoms with van der Waals surface area (Å²) in [6.07, 6.45) is 0. The number of hydrogen-bond donors (Lipinski definition) is 2. The Balaban J connectivity index is 2.57. The van der Waals surface area contributed by atoms with Gasteiger partial charge in [-0.15, -0.1) is 0 Å². The van der Waals surface area contributed by atoms with Crippen LogP contribution in [0.1, 0.15) is 6.92 Å². The van der Waals surface area contributed by atoms with E-state index < -0.39 is 34.4 Å². The number of carbonyl (C=O) groups is 2. The van der Waals surface area contributed by atoms with Crippen molar-refractivity contribution in [2.45, 2.75) is 17.9 Å². The summed E-state index contributed by atoms with van der Waals surface area (Å²) < 4.78 is 26.8. The Hall–Kier alpha value is -0.970. The first-order valence-corrected chi connectivity index (χ1v) is 8.77. The lowest BCUT2D eigenvalue weighted by molar-refractivity contribution is -0.136. The lowest BCUT2D eigenvalue weighted by atomic mass is 10.2. The number of halogens is 2. The molecule has 0 aliphatic carbocycles. The van der Waals surface area contributed by atoms with Gasteiger partial charge >= 0.3 is 0 Å². The maximum Gasteiger partial charge on any atom is 0.246 e. The molecular weight excluding hydrogens is 430 g/mol. The minimum atomic E-state index is -4.05. The monoisotopic (exact) mass is 439 g/mol. The second kappa shape index (κ2) is 5.67. The van der Waals surface area contributed by atoms with E-state index in [0.717, 1.165) is 4.31 Å². The van der Waals surface area contributed by atoms with Crippen molar-refractivity contribution in [2.75, 3.05) is 12.3 Å². The summed E-state index contributed by atoms with van der Waals surface area (Å²) in [5.41, 5.74) is 6.00. The Bertz CT molecular complexity index is 712. The molecule has 21 heavy (non-hydrogen) atoms. The fourth-order valence-electron chi connectivity index (χ4n) is 1.93. The Morgan fingerprint density at radius 1 is 1.29 bits per heavy atom. The van der Waals surface area contributed by atoms with Gasteiger partial charge in [-0.25, -0.2) is 8.42 Å². The van der Waals surface area contributed by atoms with Crippen molar-refractivity contribution < 1.29 is 18.0 Å². The Morgan fingerprint density at radius 3 is 2.33 bits per heavy atom. The fourth-order valence-corrected chi connectivity index (χ4v) is 6.02. The molecule has 1 fully saturated rings. The molecule has 0 bridgehead atoms. The largest absolute Gasteiger partial charge is 0.399 e. The smallest absolute Gasteiger partial charge is 0.246 e. The predicted molar refractivity (Wildman–Crippen MR) is 82.8 cm³/mol. The predicted octanol–water partition coefficient (Wildman–Crippen LogP) is 0.829. The molecule has 0 radical (unpaired) electrons. The molecule has 1 saturated heterocycles. The third-order valence-electron chi connectivity index (χ3n) is 2.96. The Morgan fingerprint density at radius 2 is 1.81 bits per heavy atom. The molecule has 1 heterocycles. The minimum Gasteiger partial charge on any atom is -0.399 e. The van der Waals surface area contributed by atoms with Crippen LogP contribution in [0.5, 0.6) is 0 Å². The zero-order valence-electron chi connectivity index (χ0n) is 10.8. The summed E-state index contributed by atoms with van der Waals surface area (Å²) in [5, 5.41) is 2.09. The van der Waals surface area contributed by atoms with Gasteiger partial charge in [-0.2, -0.15) is 4.31 Å². The van der Waals surface area contributed by atoms with E-state index >= 15 is 0 Å². The molecule has 1 unspecified atom stereocenters. The molecule has 1 atom stereocenters. The highest BCUT2D eigenvalue weighted by Gasteiger charge is 2.40. The molecule has 7 nitrogen and oxygen atoms in total. The highest BCUT2D eigenvalue weighted by atomic mass is 79.9. The van der Waals surface area contributed by atoms with Crippen molar-refractivity contribution in [2.24, 2.45) is 0 Å². The second-order valence-corrected chi connectivity index (χ2v) is 7.99. The molecule has 114 valence electrons. The second-order valence-electron chi connectivity index (χ2n) is 4.45. The van der Waals surface area contributed by atoms with E-state index in [-0.39, 0.29) is 13.8 Å². The molecule has 1 aliphatic heterocycles. The van der Waals surface area contributed by atoms with Crippen LogP contribution >= 0.6 is 31.9 Å². The quantitative estimate of drug-likeness (QED) is 0.522. The average Bonchev–Trinajstić information content (AvgIpc) is 2.31. The van der Waals surface area contributed by atoms with Crippen molar-refractivity contribution in [3.63, 3.8) is 0 Å². The van der Waals surface area contributed by atoms with Gasteiger partial charge in [0.15, 0.2) is 0 Å². The highest BCUT2D eigenvalue weighted by Crippen LogP contribution is 2.35. The number of nitrogens with one attached hydrogen (secondary N) is 1. The fraction of sp³-hybridized carbons (Fsp3) is 0.273. The number of imide groups is 1. The molecular formula is C11H11Br2N3O4S. The summed E-state index contributed by atoms with van der Waals surface area (Å²) in [4.78, 5) is 23.0. The van der Waals surface area contributed by atoms with Gasteiger partial charge in [-0.1, -0.05) is 0 Å². The van der Waals surface area contributed by atoms with Crippen molar-refractivity contribution in [1.82, 2.24) is 9.62 Å². The zero-order chi connectivity index (χ0) is 15.9. The Labute approximate surface area is 138 Å². The lowest BCUT2D eigenvalue weighted by Gasteiger charge is -2.31. The molecule has 10 heteroatoms. The summed E-state index contributed by atoms with van der Waals surface area (Å²) >= 11 is 6.30. The average molecular weight is 441 g/mol. The molecule has 0 aromatic heterocycles. The van der Waals surface area contributed by atoms with Gasteiger partial charge in [0.2, 0.25) is 21.8 Å². The van der Waals surface area contributed by atoms with Gasteiger partial charge in [-0.3, -0.25) is 14.9 Å². The van der Waals surface area contributed by atoms with Gasteiger partial charge in [0.25, 0.3) is 0 Å². The van der Waals surface area contributed by atoms with Gasteiger partial charge < -0.3 is 5.73 Å². The SMILES string of the molecule is CC1C(=O)NC(=O)CN1S(=O)(=O)c1c(Br)cc(N)cc1Br. The maximum atomic E-state index is 12.7. The van der Waals surface area contributed by atoms with E-state index in [0.29, 0.717) is 5.69 Å². The highest BCUT2D eigenvalue weighted by molar-refractivity contribution is 9.11. The number of carbonyl (C=O) groups excluding carboxylic acids is 2. The van der Waals surface area contributed by atoms with E-state index in [1.165, 1.54) is 19.1 Å². The summed E-state index contributed by atoms with van der Waals surface area (Å²) in [5.74, 6) is -1.32. The van der Waals surface area contributed by atoms with Crippen LogP contribution in [0.4, 0.5) is 5.69 Å². The van der Waals surface area contributed by atoms with Crippen LogP contribution < -0.4 is 11.1 Å². The van der Waals surface area contributed by atoms with Gasteiger partial charge in [-0.05, 0) is 50.9 Å². The minimum absolute atomic E-state index is 0.0777. The summed E-state index contributed by atoms with van der Waals surface area (Å²) in [6.45, 7) is 0.997. The number of nitrogens with two attached hydrogens (primary N) is 1. The number of anilines is 1. The first kappa shape index (κ1) is 16.4. The van der Waals surface area contributed by atoms with Crippen molar-refractivity contribution in [1.29, 1.82) is 0 Å². The lowest BCUT2D eigenvalue weighted by Crippen LogP contribution is -2.58. The number of sulfonamides is 1. The van der Waals surface area contributed by atoms with E-state index in [4.69, 9.17) is 5.73 Å². The van der Waals surface area contributed by atoms with Crippen LogP contribution in [0.15, 0.2) is 26.0 Å². The molecule has 1 aromatic rings. The van der Waals surface area contributed by atoms with Gasteiger partial charge in [0.05, 0.1) is 6.54 Å². The van der Waals surface area contributed by atoms with E-state index in [1.807, 2.05) is 0 Å². The first-order chi connectivity index (χ1) is 9.64.